The summed E-state index contributed by atoms with van der Waals surface area (Å²) in [6, 6.07) is 8.47. The van der Waals surface area contributed by atoms with Gasteiger partial charge in [0.25, 0.3) is 6.43 Å². The molecule has 190 valence electrons. The second-order valence-electron chi connectivity index (χ2n) is 10.3. The number of nitrogens with one attached hydrogen (secondary N) is 1. The molecule has 0 unspecified atom stereocenters. The average Bonchev–Trinajstić information content (AvgIpc) is 3.67. The molecule has 2 aromatic heterocycles. The second-order valence-corrected chi connectivity index (χ2v) is 10.3. The minimum atomic E-state index is -2.61. The molecule has 7 nitrogen and oxygen atoms in total. The lowest BCUT2D eigenvalue weighted by molar-refractivity contribution is -0.0189. The van der Waals surface area contributed by atoms with Crippen LogP contribution in [0.5, 0.6) is 5.75 Å². The third-order valence-electron chi connectivity index (χ3n) is 7.35. The molecule has 0 saturated heterocycles. The van der Waals surface area contributed by atoms with Gasteiger partial charge in [-0.1, -0.05) is 13.0 Å². The summed E-state index contributed by atoms with van der Waals surface area (Å²) in [6.45, 7) is 6.71. The van der Waals surface area contributed by atoms with Gasteiger partial charge in [-0.2, -0.15) is 0 Å². The number of cyclic esters (lactones) is 1. The van der Waals surface area contributed by atoms with Crippen molar-refractivity contribution in [1.29, 1.82) is 0 Å². The number of hydrogen-bond acceptors (Lipinski definition) is 7. The number of halogens is 2. The molecule has 2 aliphatic rings. The Morgan fingerprint density at radius 3 is 2.67 bits per heavy atom. The Morgan fingerprint density at radius 2 is 1.97 bits per heavy atom. The average molecular weight is 498 g/mol. The molecule has 1 fully saturated rings. The first-order chi connectivity index (χ1) is 17.0. The van der Waals surface area contributed by atoms with E-state index >= 15 is 0 Å². The van der Waals surface area contributed by atoms with Crippen molar-refractivity contribution in [3.8, 4) is 5.75 Å². The van der Waals surface area contributed by atoms with Gasteiger partial charge in [0.2, 0.25) is 0 Å². The lowest BCUT2D eigenvalue weighted by atomic mass is 9.84. The number of carbonyl (C=O) groups excluding carboxylic acids is 1. The molecule has 5 rings (SSSR count). The van der Waals surface area contributed by atoms with Crippen LogP contribution in [0.25, 0.3) is 10.8 Å². The molecule has 2 N–H and O–H groups in total. The number of pyridine rings is 2. The zero-order valence-corrected chi connectivity index (χ0v) is 20.6. The Bertz CT molecular complexity index is 1340. The number of anilines is 2. The molecule has 0 bridgehead atoms. The van der Waals surface area contributed by atoms with Crippen molar-refractivity contribution in [3.63, 3.8) is 0 Å². The van der Waals surface area contributed by atoms with Crippen molar-refractivity contribution >= 4 is 28.4 Å². The molecular formula is C27H29F2N3O4. The van der Waals surface area contributed by atoms with Gasteiger partial charge in [0, 0.05) is 17.5 Å². The highest BCUT2D eigenvalue weighted by atomic mass is 19.3. The minimum Gasteiger partial charge on any atom is -0.487 e. The Hall–Kier alpha value is -3.33. The smallest absolute Gasteiger partial charge is 0.340 e. The maximum atomic E-state index is 12.8. The van der Waals surface area contributed by atoms with Crippen molar-refractivity contribution in [2.75, 3.05) is 11.9 Å². The van der Waals surface area contributed by atoms with Crippen LogP contribution in [0.15, 0.2) is 36.5 Å². The predicted molar refractivity (Wildman–Crippen MR) is 131 cm³/mol. The summed E-state index contributed by atoms with van der Waals surface area (Å²) in [7, 11) is 0. The Labute approximate surface area is 207 Å². The third-order valence-corrected chi connectivity index (χ3v) is 7.35. The van der Waals surface area contributed by atoms with Gasteiger partial charge in [0.1, 0.15) is 29.6 Å². The lowest BCUT2D eigenvalue weighted by Gasteiger charge is -2.36. The van der Waals surface area contributed by atoms with Crippen LogP contribution in [-0.2, 0) is 10.3 Å². The number of esters is 1. The van der Waals surface area contributed by atoms with Crippen LogP contribution in [0, 0.1) is 5.92 Å². The standard InChI is InChI=1S/C27H29F2N3O4/c1-14-24-16(25(33)36-26(14,2)3)7-10-22(32-24)31-23-11-17-18(12-30-23)20(35-13-21(28)29)9-8-19(17)27(4,34)15-5-6-15/h7-12,14-15,21,34H,5-6,13H2,1-4H3,(H,30,31,32)/t14-,27+/m1/s1. The molecule has 0 radical (unpaired) electrons. The highest BCUT2D eigenvalue weighted by molar-refractivity contribution is 5.94. The normalized spacial score (nSPS) is 20.6. The number of ether oxygens (including phenoxy) is 2. The summed E-state index contributed by atoms with van der Waals surface area (Å²) in [5.74, 6) is 0.842. The third kappa shape index (κ3) is 4.36. The van der Waals surface area contributed by atoms with Crippen LogP contribution in [0.3, 0.4) is 0 Å². The van der Waals surface area contributed by atoms with Gasteiger partial charge in [0.15, 0.2) is 0 Å². The Balaban J connectivity index is 1.54. The van der Waals surface area contributed by atoms with Gasteiger partial charge in [-0.05, 0) is 74.7 Å². The number of nitrogens with zero attached hydrogens (tertiary/aromatic N) is 2. The molecule has 3 heterocycles. The summed E-state index contributed by atoms with van der Waals surface area (Å²) < 4.78 is 36.5. The largest absolute Gasteiger partial charge is 0.487 e. The number of rotatable bonds is 7. The number of aromatic nitrogens is 2. The highest BCUT2D eigenvalue weighted by Crippen LogP contribution is 2.48. The van der Waals surface area contributed by atoms with Gasteiger partial charge in [-0.3, -0.25) is 0 Å². The number of alkyl halides is 2. The minimum absolute atomic E-state index is 0.119. The number of carbonyl (C=O) groups is 1. The van der Waals surface area contributed by atoms with Crippen LogP contribution in [0.2, 0.25) is 0 Å². The monoisotopic (exact) mass is 497 g/mol. The molecule has 1 aliphatic heterocycles. The topological polar surface area (TPSA) is 93.6 Å². The van der Waals surface area contributed by atoms with Crippen molar-refractivity contribution in [2.24, 2.45) is 5.92 Å². The number of fused-ring (bicyclic) bond motifs is 2. The van der Waals surface area contributed by atoms with Crippen molar-refractivity contribution in [1.82, 2.24) is 9.97 Å². The number of hydrogen-bond donors (Lipinski definition) is 2. The first kappa shape index (κ1) is 24.4. The van der Waals surface area contributed by atoms with Gasteiger partial charge in [-0.15, -0.1) is 0 Å². The molecule has 2 atom stereocenters. The molecular weight excluding hydrogens is 468 g/mol. The van der Waals surface area contributed by atoms with Gasteiger partial charge < -0.3 is 19.9 Å². The fraction of sp³-hybridized carbons (Fsp3) is 0.444. The van der Waals surface area contributed by atoms with Crippen LogP contribution >= 0.6 is 0 Å². The van der Waals surface area contributed by atoms with Crippen molar-refractivity contribution < 1.29 is 28.2 Å². The van der Waals surface area contributed by atoms with E-state index in [0.717, 1.165) is 12.8 Å². The first-order valence-electron chi connectivity index (χ1n) is 12.0. The fourth-order valence-corrected chi connectivity index (χ4v) is 4.76. The van der Waals surface area contributed by atoms with E-state index in [9.17, 15) is 18.7 Å². The van der Waals surface area contributed by atoms with Crippen molar-refractivity contribution in [2.45, 2.75) is 64.1 Å². The quantitative estimate of drug-likeness (QED) is 0.405. The fourth-order valence-electron chi connectivity index (χ4n) is 4.76. The maximum absolute atomic E-state index is 12.8. The van der Waals surface area contributed by atoms with Gasteiger partial charge >= 0.3 is 5.97 Å². The summed E-state index contributed by atoms with van der Waals surface area (Å²) in [4.78, 5) is 21.5. The SMILES string of the molecule is C[C@@H]1c2nc(Nc3cc4c([C@@](C)(O)C5CC5)ccc(OCC(F)F)c4cn3)ccc2C(=O)OC1(C)C. The second kappa shape index (κ2) is 8.65. The molecule has 36 heavy (non-hydrogen) atoms. The molecule has 3 aromatic rings. The predicted octanol–water partition coefficient (Wildman–Crippen LogP) is 5.69. The van der Waals surface area contributed by atoms with E-state index in [1.807, 2.05) is 20.8 Å². The number of aliphatic hydroxyl groups is 1. The van der Waals surface area contributed by atoms with E-state index in [0.29, 0.717) is 39.2 Å². The zero-order valence-electron chi connectivity index (χ0n) is 20.6. The zero-order chi connectivity index (χ0) is 25.8. The van der Waals surface area contributed by atoms with E-state index < -0.39 is 30.2 Å². The maximum Gasteiger partial charge on any atom is 0.340 e. The molecule has 1 aliphatic carbocycles. The lowest BCUT2D eigenvalue weighted by Crippen LogP contribution is -2.39. The van der Waals surface area contributed by atoms with Gasteiger partial charge in [0.05, 0.1) is 16.9 Å². The van der Waals surface area contributed by atoms with Gasteiger partial charge in [-0.25, -0.2) is 23.5 Å². The van der Waals surface area contributed by atoms with E-state index in [-0.39, 0.29) is 17.6 Å². The molecule has 1 aromatic carbocycles. The Morgan fingerprint density at radius 1 is 1.22 bits per heavy atom. The molecule has 1 saturated carbocycles. The van der Waals surface area contributed by atoms with E-state index in [2.05, 4.69) is 15.3 Å². The van der Waals surface area contributed by atoms with Crippen molar-refractivity contribution in [3.05, 3.63) is 53.3 Å². The summed E-state index contributed by atoms with van der Waals surface area (Å²) >= 11 is 0. The number of benzene rings is 1. The molecule has 9 heteroatoms. The summed E-state index contributed by atoms with van der Waals surface area (Å²) in [5, 5.41) is 15.7. The van der Waals surface area contributed by atoms with Crippen LogP contribution < -0.4 is 10.1 Å². The van der Waals surface area contributed by atoms with Crippen LogP contribution in [0.1, 0.15) is 68.1 Å². The van der Waals surface area contributed by atoms with E-state index in [1.165, 1.54) is 0 Å². The summed E-state index contributed by atoms with van der Waals surface area (Å²) in [5.41, 5.74) is -0.00541. The first-order valence-corrected chi connectivity index (χ1v) is 12.0. The Kier molecular flexibility index (Phi) is 5.86. The molecule has 0 amide bonds. The highest BCUT2D eigenvalue weighted by Gasteiger charge is 2.42. The van der Waals surface area contributed by atoms with E-state index in [1.54, 1.807) is 43.5 Å². The summed E-state index contributed by atoms with van der Waals surface area (Å²) in [6.07, 6.45) is 0.782. The molecule has 0 spiro atoms. The van der Waals surface area contributed by atoms with E-state index in [4.69, 9.17) is 9.47 Å². The van der Waals surface area contributed by atoms with Crippen LogP contribution in [0.4, 0.5) is 20.4 Å². The van der Waals surface area contributed by atoms with Crippen LogP contribution in [-0.4, -0.2) is 39.7 Å².